The Labute approximate surface area is 109 Å². The van der Waals surface area contributed by atoms with Crippen molar-refractivity contribution in [1.29, 1.82) is 0 Å². The van der Waals surface area contributed by atoms with Crippen LogP contribution in [0, 0.1) is 5.82 Å². The standard InChI is InChI=1S/C13H13BrClF/c1-2-3-4-5-12(14)13(15)10-6-8-11(16)9-7-10/h2,6-9H,1,3-5H2/b13-12-. The summed E-state index contributed by atoms with van der Waals surface area (Å²) in [5, 5.41) is 0.643. The smallest absolute Gasteiger partial charge is 0.123 e. The summed E-state index contributed by atoms with van der Waals surface area (Å²) in [5.41, 5.74) is 0.827. The Kier molecular flexibility index (Phi) is 5.78. The molecule has 1 aromatic carbocycles. The van der Waals surface area contributed by atoms with Gasteiger partial charge in [0.1, 0.15) is 5.82 Å². The van der Waals surface area contributed by atoms with Crippen LogP contribution >= 0.6 is 27.5 Å². The number of hydrogen-bond acceptors (Lipinski definition) is 0. The van der Waals surface area contributed by atoms with Crippen LogP contribution in [-0.4, -0.2) is 0 Å². The molecule has 86 valence electrons. The van der Waals surface area contributed by atoms with Crippen molar-refractivity contribution in [3.8, 4) is 0 Å². The van der Waals surface area contributed by atoms with E-state index >= 15 is 0 Å². The molecule has 3 heteroatoms. The van der Waals surface area contributed by atoms with Gasteiger partial charge in [-0.25, -0.2) is 4.39 Å². The Balaban J connectivity index is 2.73. The predicted molar refractivity (Wildman–Crippen MR) is 72.1 cm³/mol. The van der Waals surface area contributed by atoms with Crippen LogP contribution in [-0.2, 0) is 0 Å². The van der Waals surface area contributed by atoms with Gasteiger partial charge in [0, 0.05) is 4.48 Å². The van der Waals surface area contributed by atoms with Crippen molar-refractivity contribution in [2.45, 2.75) is 19.3 Å². The lowest BCUT2D eigenvalue weighted by Gasteiger charge is -2.04. The van der Waals surface area contributed by atoms with Crippen molar-refractivity contribution in [2.24, 2.45) is 0 Å². The predicted octanol–water partition coefficient (Wildman–Crippen LogP) is 5.48. The van der Waals surface area contributed by atoms with Crippen LogP contribution in [0.2, 0.25) is 0 Å². The van der Waals surface area contributed by atoms with Gasteiger partial charge in [-0.1, -0.05) is 45.7 Å². The molecule has 0 radical (unpaired) electrons. The summed E-state index contributed by atoms with van der Waals surface area (Å²) >= 11 is 9.62. The normalized spacial score (nSPS) is 12.2. The second-order valence-electron chi connectivity index (χ2n) is 3.41. The van der Waals surface area contributed by atoms with Crippen molar-refractivity contribution in [3.05, 3.63) is 52.8 Å². The molecule has 16 heavy (non-hydrogen) atoms. The number of benzene rings is 1. The van der Waals surface area contributed by atoms with Gasteiger partial charge in [0.25, 0.3) is 0 Å². The van der Waals surface area contributed by atoms with Crippen LogP contribution in [0.25, 0.3) is 5.03 Å². The van der Waals surface area contributed by atoms with Crippen LogP contribution < -0.4 is 0 Å². The summed E-state index contributed by atoms with van der Waals surface area (Å²) in [6.45, 7) is 3.66. The Morgan fingerprint density at radius 3 is 2.56 bits per heavy atom. The zero-order valence-electron chi connectivity index (χ0n) is 8.85. The third kappa shape index (κ3) is 4.11. The number of unbranched alkanes of at least 4 members (excludes halogenated alkanes) is 1. The monoisotopic (exact) mass is 302 g/mol. The summed E-state index contributed by atoms with van der Waals surface area (Å²) in [6, 6.07) is 6.16. The van der Waals surface area contributed by atoms with Gasteiger partial charge in [-0.2, -0.15) is 0 Å². The first-order chi connectivity index (χ1) is 7.65. The van der Waals surface area contributed by atoms with Crippen molar-refractivity contribution in [2.75, 3.05) is 0 Å². The van der Waals surface area contributed by atoms with E-state index in [1.54, 1.807) is 12.1 Å². The van der Waals surface area contributed by atoms with Crippen LogP contribution in [0.1, 0.15) is 24.8 Å². The van der Waals surface area contributed by atoms with E-state index < -0.39 is 0 Å². The van der Waals surface area contributed by atoms with Gasteiger partial charge in [-0.05, 0) is 37.0 Å². The molecule has 0 saturated heterocycles. The molecular formula is C13H13BrClF. The maximum Gasteiger partial charge on any atom is 0.123 e. The van der Waals surface area contributed by atoms with E-state index in [-0.39, 0.29) is 5.82 Å². The summed E-state index contributed by atoms with van der Waals surface area (Å²) in [4.78, 5) is 0. The molecule has 0 aliphatic heterocycles. The molecule has 0 atom stereocenters. The van der Waals surface area contributed by atoms with Crippen LogP contribution in [0.4, 0.5) is 4.39 Å². The van der Waals surface area contributed by atoms with Crippen LogP contribution in [0.3, 0.4) is 0 Å². The maximum absolute atomic E-state index is 12.7. The molecule has 0 aromatic heterocycles. The van der Waals surface area contributed by atoms with E-state index in [0.717, 1.165) is 29.3 Å². The van der Waals surface area contributed by atoms with Gasteiger partial charge in [-0.3, -0.25) is 0 Å². The average Bonchev–Trinajstić information content (AvgIpc) is 2.29. The minimum atomic E-state index is -0.254. The number of hydrogen-bond donors (Lipinski definition) is 0. The highest BCUT2D eigenvalue weighted by atomic mass is 79.9. The molecule has 1 aromatic rings. The lowest BCUT2D eigenvalue weighted by atomic mass is 10.1. The molecule has 0 bridgehead atoms. The number of halogens is 3. The highest BCUT2D eigenvalue weighted by molar-refractivity contribution is 9.11. The first kappa shape index (κ1) is 13.5. The molecule has 0 saturated carbocycles. The Morgan fingerprint density at radius 1 is 1.38 bits per heavy atom. The summed E-state index contributed by atoms with van der Waals surface area (Å²) in [6.07, 6.45) is 4.71. The topological polar surface area (TPSA) is 0 Å². The minimum Gasteiger partial charge on any atom is -0.207 e. The van der Waals surface area contributed by atoms with Gasteiger partial charge >= 0.3 is 0 Å². The lowest BCUT2D eigenvalue weighted by Crippen LogP contribution is -1.83. The fourth-order valence-corrected chi connectivity index (χ4v) is 1.99. The SMILES string of the molecule is C=CCCC/C(Br)=C(/Cl)c1ccc(F)cc1. The van der Waals surface area contributed by atoms with Gasteiger partial charge in [-0.15, -0.1) is 6.58 Å². The highest BCUT2D eigenvalue weighted by Gasteiger charge is 2.04. The quantitative estimate of drug-likeness (QED) is 0.499. The lowest BCUT2D eigenvalue weighted by molar-refractivity contribution is 0.627. The van der Waals surface area contributed by atoms with E-state index in [4.69, 9.17) is 11.6 Å². The summed E-state index contributed by atoms with van der Waals surface area (Å²) in [7, 11) is 0. The minimum absolute atomic E-state index is 0.254. The van der Waals surface area contributed by atoms with Crippen molar-refractivity contribution < 1.29 is 4.39 Å². The van der Waals surface area contributed by atoms with Crippen molar-refractivity contribution in [1.82, 2.24) is 0 Å². The van der Waals surface area contributed by atoms with E-state index in [0.29, 0.717) is 5.03 Å². The molecule has 0 heterocycles. The van der Waals surface area contributed by atoms with Crippen molar-refractivity contribution in [3.63, 3.8) is 0 Å². The first-order valence-corrected chi connectivity index (χ1v) is 6.23. The molecule has 0 spiro atoms. The highest BCUT2D eigenvalue weighted by Crippen LogP contribution is 2.30. The Hall–Kier alpha value is -0.600. The maximum atomic E-state index is 12.7. The fourth-order valence-electron chi connectivity index (χ4n) is 1.26. The molecule has 0 aliphatic rings. The largest absolute Gasteiger partial charge is 0.207 e. The second-order valence-corrected chi connectivity index (χ2v) is 4.74. The van der Waals surface area contributed by atoms with Gasteiger partial charge < -0.3 is 0 Å². The zero-order valence-corrected chi connectivity index (χ0v) is 11.2. The molecule has 0 nitrogen and oxygen atoms in total. The molecular weight excluding hydrogens is 290 g/mol. The van der Waals surface area contributed by atoms with Gasteiger partial charge in [0.15, 0.2) is 0 Å². The second kappa shape index (κ2) is 6.87. The number of allylic oxidation sites excluding steroid dienone is 2. The van der Waals surface area contributed by atoms with Gasteiger partial charge in [0.2, 0.25) is 0 Å². The zero-order chi connectivity index (χ0) is 12.0. The van der Waals surface area contributed by atoms with Crippen molar-refractivity contribution >= 4 is 32.6 Å². The fraction of sp³-hybridized carbons (Fsp3) is 0.231. The van der Waals surface area contributed by atoms with E-state index in [2.05, 4.69) is 22.5 Å². The molecule has 0 aliphatic carbocycles. The molecule has 0 unspecified atom stereocenters. The summed E-state index contributed by atoms with van der Waals surface area (Å²) in [5.74, 6) is -0.254. The first-order valence-electron chi connectivity index (χ1n) is 5.06. The molecule has 1 rings (SSSR count). The van der Waals surface area contributed by atoms with E-state index in [9.17, 15) is 4.39 Å². The van der Waals surface area contributed by atoms with E-state index in [1.165, 1.54) is 12.1 Å². The molecule has 0 fully saturated rings. The van der Waals surface area contributed by atoms with Crippen LogP contribution in [0.15, 0.2) is 41.4 Å². The number of rotatable bonds is 5. The Morgan fingerprint density at radius 2 is 2.00 bits per heavy atom. The molecule has 0 amide bonds. The summed E-state index contributed by atoms with van der Waals surface area (Å²) < 4.78 is 13.7. The van der Waals surface area contributed by atoms with Crippen LogP contribution in [0.5, 0.6) is 0 Å². The Bertz CT molecular complexity index is 381. The van der Waals surface area contributed by atoms with E-state index in [1.807, 2.05) is 6.08 Å². The average molecular weight is 304 g/mol. The third-order valence-corrected chi connectivity index (χ3v) is 3.61. The third-order valence-electron chi connectivity index (χ3n) is 2.14. The van der Waals surface area contributed by atoms with Gasteiger partial charge in [0.05, 0.1) is 5.03 Å². The molecule has 0 N–H and O–H groups in total.